The van der Waals surface area contributed by atoms with E-state index in [-0.39, 0.29) is 0 Å². The Hall–Kier alpha value is -4.09. The van der Waals surface area contributed by atoms with Gasteiger partial charge in [0.15, 0.2) is 0 Å². The molecule has 1 atom stereocenters. The molecule has 4 aromatic rings. The lowest BCUT2D eigenvalue weighted by Crippen LogP contribution is -2.57. The molecule has 0 radical (unpaired) electrons. The van der Waals surface area contributed by atoms with Gasteiger partial charge in [-0.1, -0.05) is 78.9 Å². The summed E-state index contributed by atoms with van der Waals surface area (Å²) in [7, 11) is 3.29. The molecule has 0 aliphatic carbocycles. The predicted molar refractivity (Wildman–Crippen MR) is 139 cm³/mol. The summed E-state index contributed by atoms with van der Waals surface area (Å²) in [5, 5.41) is 10.5. The summed E-state index contributed by atoms with van der Waals surface area (Å²) >= 11 is 0. The molecule has 1 aliphatic heterocycles. The molecule has 5 heteroatoms. The summed E-state index contributed by atoms with van der Waals surface area (Å²) in [5.41, 5.74) is 4.25. The number of aliphatic carboxylic acids is 1. The second-order valence-electron chi connectivity index (χ2n) is 8.99. The number of fused-ring (bicyclic) bond motifs is 1. The van der Waals surface area contributed by atoms with Gasteiger partial charge in [0.25, 0.3) is 0 Å². The number of methoxy groups -OCH3 is 2. The summed E-state index contributed by atoms with van der Waals surface area (Å²) < 4.78 is 10.9. The van der Waals surface area contributed by atoms with E-state index in [0.29, 0.717) is 13.0 Å². The fraction of sp³-hybridized carbons (Fsp3) is 0.194. The van der Waals surface area contributed by atoms with Crippen molar-refractivity contribution in [3.8, 4) is 11.5 Å². The van der Waals surface area contributed by atoms with E-state index in [1.807, 2.05) is 84.9 Å². The van der Waals surface area contributed by atoms with E-state index in [4.69, 9.17) is 9.47 Å². The fourth-order valence-corrected chi connectivity index (χ4v) is 5.44. The van der Waals surface area contributed by atoms with Crippen molar-refractivity contribution in [2.45, 2.75) is 24.5 Å². The molecule has 0 spiro atoms. The van der Waals surface area contributed by atoms with Crippen LogP contribution in [0.5, 0.6) is 11.5 Å². The van der Waals surface area contributed by atoms with Crippen molar-refractivity contribution in [1.29, 1.82) is 0 Å². The highest BCUT2D eigenvalue weighted by Crippen LogP contribution is 2.47. The number of benzene rings is 4. The molecule has 0 amide bonds. The van der Waals surface area contributed by atoms with E-state index < -0.39 is 17.6 Å². The molecule has 4 aromatic carbocycles. The first-order valence-corrected chi connectivity index (χ1v) is 12.0. The molecule has 182 valence electrons. The van der Waals surface area contributed by atoms with E-state index in [0.717, 1.165) is 39.3 Å². The minimum absolute atomic E-state index is 0.423. The van der Waals surface area contributed by atoms with Gasteiger partial charge in [0.1, 0.15) is 17.5 Å². The average molecular weight is 480 g/mol. The number of hydrogen-bond donors (Lipinski definition) is 1. The molecule has 5 rings (SSSR count). The molecule has 1 aliphatic rings. The van der Waals surface area contributed by atoms with Crippen LogP contribution < -0.4 is 9.47 Å². The van der Waals surface area contributed by atoms with Gasteiger partial charge < -0.3 is 14.6 Å². The number of ether oxygens (including phenoxy) is 2. The molecule has 0 aromatic heterocycles. The van der Waals surface area contributed by atoms with Crippen LogP contribution in [0.3, 0.4) is 0 Å². The number of carboxylic acid groups (broad SMARTS) is 1. The Kier molecular flexibility index (Phi) is 6.49. The van der Waals surface area contributed by atoms with Gasteiger partial charge in [-0.25, -0.2) is 0 Å². The first-order valence-electron chi connectivity index (χ1n) is 12.0. The fourth-order valence-electron chi connectivity index (χ4n) is 5.44. The second-order valence-corrected chi connectivity index (χ2v) is 8.99. The highest BCUT2D eigenvalue weighted by Gasteiger charge is 2.48. The highest BCUT2D eigenvalue weighted by atomic mass is 16.5. The van der Waals surface area contributed by atoms with Gasteiger partial charge in [-0.2, -0.15) is 0 Å². The Labute approximate surface area is 211 Å². The lowest BCUT2D eigenvalue weighted by atomic mass is 9.73. The van der Waals surface area contributed by atoms with Crippen LogP contribution in [0.4, 0.5) is 0 Å². The summed E-state index contributed by atoms with van der Waals surface area (Å²) in [6, 6.07) is 33.4. The van der Waals surface area contributed by atoms with Crippen LogP contribution in [-0.2, 0) is 23.3 Å². The lowest BCUT2D eigenvalue weighted by molar-refractivity contribution is -0.146. The van der Waals surface area contributed by atoms with Crippen LogP contribution in [0.2, 0.25) is 0 Å². The summed E-state index contributed by atoms with van der Waals surface area (Å²) in [6.45, 7) is 0.486. The van der Waals surface area contributed by atoms with Gasteiger partial charge in [0.05, 0.1) is 19.8 Å². The number of carboxylic acids is 1. The maximum absolute atomic E-state index is 12.8. The van der Waals surface area contributed by atoms with E-state index >= 15 is 0 Å². The topological polar surface area (TPSA) is 59.0 Å². The third kappa shape index (κ3) is 4.01. The molecule has 1 N–H and O–H groups in total. The molecule has 1 heterocycles. The standard InChI is InChI=1S/C31H29NO4/c1-35-27-16-12-25(13-17-27)31(24-10-4-3-5-11-24,26-14-18-28(36-2)19-15-26)32-21-23-9-7-6-8-22(23)20-29(32)30(33)34/h3-19,29H,20-21H2,1-2H3,(H,33,34)/t29-/m0/s1. The van der Waals surface area contributed by atoms with E-state index in [1.165, 1.54) is 0 Å². The highest BCUT2D eigenvalue weighted by molar-refractivity contribution is 5.75. The predicted octanol–water partition coefficient (Wildman–Crippen LogP) is 5.51. The van der Waals surface area contributed by atoms with Crippen molar-refractivity contribution in [2.75, 3.05) is 14.2 Å². The van der Waals surface area contributed by atoms with Crippen molar-refractivity contribution in [1.82, 2.24) is 4.90 Å². The lowest BCUT2D eigenvalue weighted by Gasteiger charge is -2.50. The Bertz CT molecular complexity index is 1290. The number of nitrogens with zero attached hydrogens (tertiary/aromatic N) is 1. The smallest absolute Gasteiger partial charge is 0.321 e. The van der Waals surface area contributed by atoms with Crippen molar-refractivity contribution in [3.63, 3.8) is 0 Å². The average Bonchev–Trinajstić information content (AvgIpc) is 2.94. The second kappa shape index (κ2) is 9.88. The van der Waals surface area contributed by atoms with Crippen molar-refractivity contribution in [3.05, 3.63) is 131 Å². The Balaban J connectivity index is 1.84. The zero-order valence-corrected chi connectivity index (χ0v) is 20.4. The molecular formula is C31H29NO4. The third-order valence-corrected chi connectivity index (χ3v) is 7.17. The van der Waals surface area contributed by atoms with Crippen LogP contribution in [0.1, 0.15) is 27.8 Å². The first kappa shape index (κ1) is 23.6. The van der Waals surface area contributed by atoms with Crippen LogP contribution in [-0.4, -0.2) is 36.2 Å². The normalized spacial score (nSPS) is 15.7. The molecule has 5 nitrogen and oxygen atoms in total. The summed E-state index contributed by atoms with van der Waals surface area (Å²) in [4.78, 5) is 15.0. The van der Waals surface area contributed by atoms with Gasteiger partial charge in [0, 0.05) is 6.54 Å². The molecule has 0 saturated carbocycles. The van der Waals surface area contributed by atoms with Crippen LogP contribution in [0.15, 0.2) is 103 Å². The van der Waals surface area contributed by atoms with E-state index in [2.05, 4.69) is 23.1 Å². The maximum Gasteiger partial charge on any atom is 0.321 e. The summed E-state index contributed by atoms with van der Waals surface area (Å²) in [6.07, 6.45) is 0.423. The third-order valence-electron chi connectivity index (χ3n) is 7.17. The van der Waals surface area contributed by atoms with Crippen molar-refractivity contribution in [2.24, 2.45) is 0 Å². The van der Waals surface area contributed by atoms with E-state index in [1.54, 1.807) is 14.2 Å². The zero-order chi connectivity index (χ0) is 25.1. The van der Waals surface area contributed by atoms with Gasteiger partial charge in [0.2, 0.25) is 0 Å². The zero-order valence-electron chi connectivity index (χ0n) is 20.4. The van der Waals surface area contributed by atoms with Gasteiger partial charge >= 0.3 is 5.97 Å². The van der Waals surface area contributed by atoms with Gasteiger partial charge in [-0.15, -0.1) is 0 Å². The number of rotatable bonds is 7. The van der Waals surface area contributed by atoms with Crippen molar-refractivity contribution >= 4 is 5.97 Å². The molecular weight excluding hydrogens is 450 g/mol. The molecule has 0 fully saturated rings. The van der Waals surface area contributed by atoms with Gasteiger partial charge in [-0.3, -0.25) is 9.69 Å². The largest absolute Gasteiger partial charge is 0.497 e. The number of hydrogen-bond acceptors (Lipinski definition) is 4. The Morgan fingerprint density at radius 3 is 1.69 bits per heavy atom. The molecule has 0 saturated heterocycles. The minimum atomic E-state index is -0.879. The quantitative estimate of drug-likeness (QED) is 0.355. The Morgan fingerprint density at radius 2 is 1.19 bits per heavy atom. The van der Waals surface area contributed by atoms with Crippen LogP contribution in [0, 0.1) is 0 Å². The number of carbonyl (C=O) groups is 1. The van der Waals surface area contributed by atoms with Crippen LogP contribution >= 0.6 is 0 Å². The van der Waals surface area contributed by atoms with E-state index in [9.17, 15) is 9.90 Å². The molecule has 36 heavy (non-hydrogen) atoms. The van der Waals surface area contributed by atoms with Crippen molar-refractivity contribution < 1.29 is 19.4 Å². The van der Waals surface area contributed by atoms with Crippen LogP contribution in [0.25, 0.3) is 0 Å². The Morgan fingerprint density at radius 1 is 0.722 bits per heavy atom. The SMILES string of the molecule is COc1ccc(C(c2ccccc2)(c2ccc(OC)cc2)N2Cc3ccccc3C[C@H]2C(=O)O)cc1. The maximum atomic E-state index is 12.8. The molecule has 0 unspecified atom stereocenters. The molecule has 0 bridgehead atoms. The summed E-state index contributed by atoms with van der Waals surface area (Å²) in [5.74, 6) is 0.648. The first-order chi connectivity index (χ1) is 17.6. The van der Waals surface area contributed by atoms with Gasteiger partial charge in [-0.05, 0) is 58.5 Å². The minimum Gasteiger partial charge on any atom is -0.497 e. The monoisotopic (exact) mass is 479 g/mol.